The lowest BCUT2D eigenvalue weighted by Gasteiger charge is -2.12. The van der Waals surface area contributed by atoms with E-state index in [0.29, 0.717) is 16.5 Å². The number of carbonyl (C=O) groups excluding carboxylic acids is 1. The number of anilines is 2. The predicted molar refractivity (Wildman–Crippen MR) is 114 cm³/mol. The molecule has 0 radical (unpaired) electrons. The molecule has 3 aromatic carbocycles. The molecule has 0 aromatic heterocycles. The lowest BCUT2D eigenvalue weighted by atomic mass is 10.1. The predicted octanol–water partition coefficient (Wildman–Crippen LogP) is 5.04. The fraction of sp³-hybridized carbons (Fsp3) is 0.0952. The highest BCUT2D eigenvalue weighted by Gasteiger charge is 2.23. The van der Waals surface area contributed by atoms with Gasteiger partial charge in [0.05, 0.1) is 22.8 Å². The molecular formula is C21H16ClFN2O5S. The summed E-state index contributed by atoms with van der Waals surface area (Å²) < 4.78 is 52.7. The van der Waals surface area contributed by atoms with E-state index in [9.17, 15) is 17.6 Å². The molecule has 1 aliphatic heterocycles. The Hall–Kier alpha value is -3.30. The highest BCUT2D eigenvalue weighted by atomic mass is 35.5. The molecule has 2 N–H and O–H groups in total. The summed E-state index contributed by atoms with van der Waals surface area (Å²) in [5.74, 6) is -0.691. The Kier molecular flexibility index (Phi) is 5.47. The summed E-state index contributed by atoms with van der Waals surface area (Å²) >= 11 is 5.97. The van der Waals surface area contributed by atoms with Crippen LogP contribution in [0.15, 0.2) is 59.5 Å². The van der Waals surface area contributed by atoms with E-state index in [1.807, 2.05) is 0 Å². The highest BCUT2D eigenvalue weighted by molar-refractivity contribution is 7.92. The molecule has 3 aromatic rings. The third-order valence-electron chi connectivity index (χ3n) is 4.40. The SMILES string of the molecule is CCOc1ccc(S(=O)(=O)Nc2ccc3c(c2)C(=O)Nc2cc(Cl)ccc2O3)cc1F. The van der Waals surface area contributed by atoms with E-state index in [0.717, 1.165) is 6.07 Å². The van der Waals surface area contributed by atoms with Crippen molar-refractivity contribution in [3.63, 3.8) is 0 Å². The molecule has 0 spiro atoms. The normalized spacial score (nSPS) is 12.7. The van der Waals surface area contributed by atoms with Crippen molar-refractivity contribution in [1.82, 2.24) is 0 Å². The lowest BCUT2D eigenvalue weighted by molar-refractivity contribution is 0.102. The van der Waals surface area contributed by atoms with Gasteiger partial charge in [-0.3, -0.25) is 9.52 Å². The molecule has 0 saturated heterocycles. The number of carbonyl (C=O) groups is 1. The van der Waals surface area contributed by atoms with E-state index in [1.165, 1.54) is 30.3 Å². The van der Waals surface area contributed by atoms with Crippen molar-refractivity contribution in [2.45, 2.75) is 11.8 Å². The molecular weight excluding hydrogens is 447 g/mol. The molecule has 0 atom stereocenters. The second kappa shape index (κ2) is 8.09. The summed E-state index contributed by atoms with van der Waals surface area (Å²) in [6.45, 7) is 1.94. The zero-order chi connectivity index (χ0) is 22.2. The summed E-state index contributed by atoms with van der Waals surface area (Å²) in [4.78, 5) is 12.4. The van der Waals surface area contributed by atoms with Crippen molar-refractivity contribution in [1.29, 1.82) is 0 Å². The number of benzene rings is 3. The minimum Gasteiger partial charge on any atom is -0.491 e. The molecule has 0 aliphatic carbocycles. The fourth-order valence-corrected chi connectivity index (χ4v) is 4.23. The van der Waals surface area contributed by atoms with Gasteiger partial charge in [0.1, 0.15) is 5.75 Å². The fourth-order valence-electron chi connectivity index (χ4n) is 2.99. The van der Waals surface area contributed by atoms with Crippen molar-refractivity contribution in [3.05, 3.63) is 71.0 Å². The minimum atomic E-state index is -4.12. The average molecular weight is 463 g/mol. The number of sulfonamides is 1. The number of hydrogen-bond acceptors (Lipinski definition) is 5. The van der Waals surface area contributed by atoms with E-state index in [1.54, 1.807) is 25.1 Å². The summed E-state index contributed by atoms with van der Waals surface area (Å²) in [6, 6.07) is 12.4. The molecule has 0 fully saturated rings. The number of amides is 1. The van der Waals surface area contributed by atoms with E-state index in [-0.39, 0.29) is 34.3 Å². The summed E-state index contributed by atoms with van der Waals surface area (Å²) in [7, 11) is -4.12. The van der Waals surface area contributed by atoms with Crippen LogP contribution in [0.25, 0.3) is 0 Å². The van der Waals surface area contributed by atoms with Gasteiger partial charge in [-0.15, -0.1) is 0 Å². The topological polar surface area (TPSA) is 93.7 Å². The van der Waals surface area contributed by atoms with Gasteiger partial charge in [0.25, 0.3) is 15.9 Å². The zero-order valence-corrected chi connectivity index (χ0v) is 17.7. The van der Waals surface area contributed by atoms with Crippen molar-refractivity contribution in [2.75, 3.05) is 16.6 Å². The summed E-state index contributed by atoms with van der Waals surface area (Å²) in [5.41, 5.74) is 0.613. The Morgan fingerprint density at radius 1 is 1.10 bits per heavy atom. The maximum Gasteiger partial charge on any atom is 0.262 e. The average Bonchev–Trinajstić information content (AvgIpc) is 2.85. The largest absolute Gasteiger partial charge is 0.491 e. The molecule has 0 unspecified atom stereocenters. The van der Waals surface area contributed by atoms with Gasteiger partial charge in [-0.25, -0.2) is 12.8 Å². The monoisotopic (exact) mass is 462 g/mol. The van der Waals surface area contributed by atoms with Gasteiger partial charge in [0.2, 0.25) is 0 Å². The number of nitrogens with one attached hydrogen (secondary N) is 2. The second-order valence-electron chi connectivity index (χ2n) is 6.54. The van der Waals surface area contributed by atoms with Crippen LogP contribution in [-0.2, 0) is 10.0 Å². The number of ether oxygens (including phenoxy) is 2. The smallest absolute Gasteiger partial charge is 0.262 e. The Labute approximate surface area is 182 Å². The maximum absolute atomic E-state index is 14.1. The standard InChI is InChI=1S/C21H16ClFN2O5S/c1-2-29-19-8-5-14(11-16(19)23)31(27,28)25-13-4-7-18-15(10-13)21(26)24-17-9-12(22)3-6-20(17)30-18/h3-11,25H,2H2,1H3,(H,24,26). The molecule has 7 nitrogen and oxygen atoms in total. The van der Waals surface area contributed by atoms with E-state index in [4.69, 9.17) is 21.1 Å². The Morgan fingerprint density at radius 3 is 2.61 bits per heavy atom. The summed E-state index contributed by atoms with van der Waals surface area (Å²) in [5, 5.41) is 3.10. The van der Waals surface area contributed by atoms with Crippen LogP contribution in [0.4, 0.5) is 15.8 Å². The Balaban J connectivity index is 1.63. The first-order valence-electron chi connectivity index (χ1n) is 9.15. The van der Waals surface area contributed by atoms with Crippen molar-refractivity contribution >= 4 is 38.9 Å². The van der Waals surface area contributed by atoms with Gasteiger partial charge in [-0.2, -0.15) is 0 Å². The van der Waals surface area contributed by atoms with Crippen molar-refractivity contribution in [3.8, 4) is 17.2 Å². The van der Waals surface area contributed by atoms with Crippen molar-refractivity contribution in [2.24, 2.45) is 0 Å². The molecule has 0 saturated carbocycles. The molecule has 160 valence electrons. The Bertz CT molecular complexity index is 1300. The van der Waals surface area contributed by atoms with Crippen LogP contribution < -0.4 is 19.5 Å². The van der Waals surface area contributed by atoms with Crippen molar-refractivity contribution < 1.29 is 27.1 Å². The molecule has 10 heteroatoms. The molecule has 1 heterocycles. The van der Waals surface area contributed by atoms with Crippen LogP contribution >= 0.6 is 11.6 Å². The van der Waals surface area contributed by atoms with Gasteiger partial charge >= 0.3 is 0 Å². The molecule has 0 bridgehead atoms. The van der Waals surface area contributed by atoms with E-state index >= 15 is 0 Å². The Morgan fingerprint density at radius 2 is 1.87 bits per heavy atom. The van der Waals surface area contributed by atoms with E-state index < -0.39 is 21.7 Å². The number of hydrogen-bond donors (Lipinski definition) is 2. The van der Waals surface area contributed by atoms with Gasteiger partial charge in [0, 0.05) is 10.7 Å². The van der Waals surface area contributed by atoms with E-state index in [2.05, 4.69) is 10.0 Å². The first-order valence-corrected chi connectivity index (χ1v) is 11.0. The lowest BCUT2D eigenvalue weighted by Crippen LogP contribution is -2.15. The van der Waals surface area contributed by atoms with Crippen LogP contribution in [0.3, 0.4) is 0 Å². The number of rotatable bonds is 5. The quantitative estimate of drug-likeness (QED) is 0.554. The van der Waals surface area contributed by atoms with Crippen LogP contribution in [0.1, 0.15) is 17.3 Å². The summed E-state index contributed by atoms with van der Waals surface area (Å²) in [6.07, 6.45) is 0. The number of halogens is 2. The maximum atomic E-state index is 14.1. The van der Waals surface area contributed by atoms with Gasteiger partial charge in [0.15, 0.2) is 17.3 Å². The highest BCUT2D eigenvalue weighted by Crippen LogP contribution is 2.38. The first-order chi connectivity index (χ1) is 14.8. The molecule has 1 aliphatic rings. The van der Waals surface area contributed by atoms with Gasteiger partial charge in [-0.05, 0) is 61.5 Å². The van der Waals surface area contributed by atoms with Gasteiger partial charge in [-0.1, -0.05) is 11.6 Å². The van der Waals surface area contributed by atoms with Crippen LogP contribution in [0, 0.1) is 5.82 Å². The second-order valence-corrected chi connectivity index (χ2v) is 8.66. The first kappa shape index (κ1) is 21.0. The molecule has 31 heavy (non-hydrogen) atoms. The third kappa shape index (κ3) is 4.28. The van der Waals surface area contributed by atoms with Gasteiger partial charge < -0.3 is 14.8 Å². The zero-order valence-electron chi connectivity index (χ0n) is 16.1. The van der Waals surface area contributed by atoms with Crippen LogP contribution in [-0.4, -0.2) is 20.9 Å². The van der Waals surface area contributed by atoms with Crippen LogP contribution in [0.2, 0.25) is 5.02 Å². The minimum absolute atomic E-state index is 0.0417. The third-order valence-corrected chi connectivity index (χ3v) is 6.01. The van der Waals surface area contributed by atoms with Crippen LogP contribution in [0.5, 0.6) is 17.2 Å². The molecule has 1 amide bonds. The number of fused-ring (bicyclic) bond motifs is 2. The molecule has 4 rings (SSSR count).